The van der Waals surface area contributed by atoms with Crippen LogP contribution in [0.5, 0.6) is 0 Å². The summed E-state index contributed by atoms with van der Waals surface area (Å²) in [6, 6.07) is 11.1. The quantitative estimate of drug-likeness (QED) is 0.821. The minimum absolute atomic E-state index is 0.0352. The number of benzene rings is 1. The number of carbonyl (C=O) groups is 2. The van der Waals surface area contributed by atoms with Crippen molar-refractivity contribution in [2.45, 2.75) is 37.7 Å². The van der Waals surface area contributed by atoms with Gasteiger partial charge in [0.25, 0.3) is 5.91 Å². The van der Waals surface area contributed by atoms with E-state index >= 15 is 0 Å². The third kappa shape index (κ3) is 3.30. The van der Waals surface area contributed by atoms with Crippen LogP contribution >= 0.6 is 0 Å². The van der Waals surface area contributed by atoms with Crippen molar-refractivity contribution in [2.24, 2.45) is 12.5 Å². The lowest BCUT2D eigenvalue weighted by atomic mass is 9.72. The van der Waals surface area contributed by atoms with Gasteiger partial charge in [-0.05, 0) is 37.3 Å². The molecule has 4 rings (SSSR count). The molecule has 148 valence electrons. The van der Waals surface area contributed by atoms with Crippen molar-refractivity contribution in [2.75, 3.05) is 13.1 Å². The Morgan fingerprint density at radius 3 is 2.57 bits per heavy atom. The van der Waals surface area contributed by atoms with Gasteiger partial charge in [0.05, 0.1) is 6.10 Å². The van der Waals surface area contributed by atoms with Crippen molar-refractivity contribution < 1.29 is 19.8 Å². The van der Waals surface area contributed by atoms with Crippen LogP contribution in [0, 0.1) is 5.41 Å². The maximum Gasteiger partial charge on any atom is 0.314 e. The molecule has 1 amide bonds. The molecule has 2 N–H and O–H groups in total. The second kappa shape index (κ2) is 7.05. The first-order chi connectivity index (χ1) is 13.4. The Labute approximate surface area is 163 Å². The average molecular weight is 383 g/mol. The number of hydrogen-bond acceptors (Lipinski definition) is 4. The Hall–Kier alpha value is -2.67. The molecular weight excluding hydrogens is 358 g/mol. The molecule has 28 heavy (non-hydrogen) atoms. The highest BCUT2D eigenvalue weighted by Gasteiger charge is 2.50. The van der Waals surface area contributed by atoms with E-state index in [9.17, 15) is 19.8 Å². The zero-order chi connectivity index (χ0) is 19.9. The summed E-state index contributed by atoms with van der Waals surface area (Å²) in [6.45, 7) is 0.283. The lowest BCUT2D eigenvalue weighted by Gasteiger charge is -2.43. The van der Waals surface area contributed by atoms with Crippen LogP contribution in [-0.4, -0.2) is 56.0 Å². The molecule has 2 aliphatic rings. The second-order valence-corrected chi connectivity index (χ2v) is 8.01. The summed E-state index contributed by atoms with van der Waals surface area (Å²) in [6.07, 6.45) is 1.61. The smallest absolute Gasteiger partial charge is 0.314 e. The van der Waals surface area contributed by atoms with E-state index in [0.717, 1.165) is 24.1 Å². The number of aliphatic carboxylic acids is 1. The molecule has 0 unspecified atom stereocenters. The van der Waals surface area contributed by atoms with Crippen molar-refractivity contribution >= 4 is 11.9 Å². The van der Waals surface area contributed by atoms with E-state index in [2.05, 4.69) is 5.10 Å². The molecule has 1 saturated carbocycles. The highest BCUT2D eigenvalue weighted by molar-refractivity contribution is 5.93. The van der Waals surface area contributed by atoms with E-state index in [4.69, 9.17) is 0 Å². The number of rotatable bonds is 5. The van der Waals surface area contributed by atoms with Gasteiger partial charge >= 0.3 is 5.97 Å². The molecule has 1 aromatic heterocycles. The van der Waals surface area contributed by atoms with Gasteiger partial charge in [-0.25, -0.2) is 0 Å². The van der Waals surface area contributed by atoms with Gasteiger partial charge in [-0.3, -0.25) is 14.3 Å². The topological polar surface area (TPSA) is 95.7 Å². The number of aliphatic hydroxyl groups excluding tert-OH is 1. The van der Waals surface area contributed by atoms with Crippen LogP contribution in [0.15, 0.2) is 36.4 Å². The number of likely N-dealkylation sites (tertiary alicyclic amines) is 1. The Morgan fingerprint density at radius 1 is 1.21 bits per heavy atom. The SMILES string of the molecule is Cn1nc(C(=O)N2CC[C@@H](O)[C@](Cc3ccccc3)(C(=O)O)C2)cc1C1CC1. The third-order valence-electron chi connectivity index (χ3n) is 5.99. The molecule has 1 saturated heterocycles. The van der Waals surface area contributed by atoms with Crippen molar-refractivity contribution in [1.29, 1.82) is 0 Å². The van der Waals surface area contributed by atoms with Crippen LogP contribution in [0.25, 0.3) is 0 Å². The molecule has 2 atom stereocenters. The number of piperidine rings is 1. The predicted molar refractivity (Wildman–Crippen MR) is 102 cm³/mol. The van der Waals surface area contributed by atoms with Crippen LogP contribution in [0.4, 0.5) is 0 Å². The highest BCUT2D eigenvalue weighted by Crippen LogP contribution is 2.40. The number of aromatic nitrogens is 2. The van der Waals surface area contributed by atoms with Crippen molar-refractivity contribution in [1.82, 2.24) is 14.7 Å². The van der Waals surface area contributed by atoms with Crippen molar-refractivity contribution in [3.8, 4) is 0 Å². The molecule has 7 heteroatoms. The normalized spacial score (nSPS) is 24.9. The maximum atomic E-state index is 13.1. The Balaban J connectivity index is 1.59. The van der Waals surface area contributed by atoms with E-state index in [1.54, 1.807) is 4.68 Å². The summed E-state index contributed by atoms with van der Waals surface area (Å²) in [5, 5.41) is 25.0. The maximum absolute atomic E-state index is 13.1. The van der Waals surface area contributed by atoms with E-state index < -0.39 is 17.5 Å². The summed E-state index contributed by atoms with van der Waals surface area (Å²) in [5.41, 5.74) is 0.796. The molecule has 2 heterocycles. The first kappa shape index (κ1) is 18.7. The number of nitrogens with zero attached hydrogens (tertiary/aromatic N) is 3. The fraction of sp³-hybridized carbons (Fsp3) is 0.476. The summed E-state index contributed by atoms with van der Waals surface area (Å²) in [7, 11) is 1.83. The zero-order valence-corrected chi connectivity index (χ0v) is 15.9. The van der Waals surface area contributed by atoms with E-state index in [-0.39, 0.29) is 25.3 Å². The molecular formula is C21H25N3O4. The number of carboxylic acid groups (broad SMARTS) is 1. The van der Waals surface area contributed by atoms with Crippen LogP contribution in [0.3, 0.4) is 0 Å². The summed E-state index contributed by atoms with van der Waals surface area (Å²) >= 11 is 0. The number of amides is 1. The van der Waals surface area contributed by atoms with Gasteiger partial charge in [-0.1, -0.05) is 30.3 Å². The van der Waals surface area contributed by atoms with E-state index in [0.29, 0.717) is 18.2 Å². The average Bonchev–Trinajstić information content (AvgIpc) is 3.45. The summed E-state index contributed by atoms with van der Waals surface area (Å²) < 4.78 is 1.75. The molecule has 7 nitrogen and oxygen atoms in total. The highest BCUT2D eigenvalue weighted by atomic mass is 16.4. The number of carboxylic acids is 1. The van der Waals surface area contributed by atoms with Crippen LogP contribution in [0.2, 0.25) is 0 Å². The first-order valence-corrected chi connectivity index (χ1v) is 9.69. The third-order valence-corrected chi connectivity index (χ3v) is 5.99. The summed E-state index contributed by atoms with van der Waals surface area (Å²) in [5.74, 6) is -0.882. The van der Waals surface area contributed by atoms with Gasteiger partial charge in [-0.2, -0.15) is 5.10 Å². The van der Waals surface area contributed by atoms with Gasteiger partial charge < -0.3 is 15.1 Å². The molecule has 1 aromatic carbocycles. The summed E-state index contributed by atoms with van der Waals surface area (Å²) in [4.78, 5) is 26.8. The van der Waals surface area contributed by atoms with Crippen LogP contribution < -0.4 is 0 Å². The lowest BCUT2D eigenvalue weighted by molar-refractivity contribution is -0.161. The van der Waals surface area contributed by atoms with Crippen LogP contribution in [-0.2, 0) is 18.3 Å². The molecule has 1 aliphatic carbocycles. The Kier molecular flexibility index (Phi) is 4.71. The fourth-order valence-corrected chi connectivity index (χ4v) is 4.18. The standard InChI is InChI=1S/C21H25N3O4/c1-23-17(15-7-8-15)11-16(22-23)19(26)24-10-9-18(25)21(13-24,20(27)28)12-14-5-3-2-4-6-14/h2-6,11,15,18,25H,7-10,12-13H2,1H3,(H,27,28)/t18-,21-/m1/s1. The van der Waals surface area contributed by atoms with Crippen LogP contribution in [0.1, 0.15) is 46.9 Å². The van der Waals surface area contributed by atoms with Gasteiger partial charge in [-0.15, -0.1) is 0 Å². The largest absolute Gasteiger partial charge is 0.481 e. The fourth-order valence-electron chi connectivity index (χ4n) is 4.18. The van der Waals surface area contributed by atoms with Crippen molar-refractivity contribution in [3.05, 3.63) is 53.3 Å². The monoisotopic (exact) mass is 383 g/mol. The molecule has 1 aliphatic heterocycles. The van der Waals surface area contributed by atoms with Gasteiger partial charge in [0.15, 0.2) is 5.69 Å². The van der Waals surface area contributed by atoms with Gasteiger partial charge in [0.2, 0.25) is 0 Å². The predicted octanol–water partition coefficient (Wildman–Crippen LogP) is 1.82. The van der Waals surface area contributed by atoms with Gasteiger partial charge in [0, 0.05) is 31.7 Å². The van der Waals surface area contributed by atoms with Gasteiger partial charge in [0.1, 0.15) is 5.41 Å². The molecule has 0 spiro atoms. The molecule has 0 bridgehead atoms. The molecule has 0 radical (unpaired) electrons. The minimum Gasteiger partial charge on any atom is -0.481 e. The first-order valence-electron chi connectivity index (χ1n) is 9.69. The minimum atomic E-state index is -1.43. The molecule has 2 aromatic rings. The number of aryl methyl sites for hydroxylation is 1. The Morgan fingerprint density at radius 2 is 1.93 bits per heavy atom. The van der Waals surface area contributed by atoms with Crippen molar-refractivity contribution in [3.63, 3.8) is 0 Å². The Bertz CT molecular complexity index is 890. The van der Waals surface area contributed by atoms with E-state index in [1.165, 1.54) is 4.90 Å². The number of hydrogen-bond donors (Lipinski definition) is 2. The zero-order valence-electron chi connectivity index (χ0n) is 15.9. The number of aliphatic hydroxyl groups is 1. The van der Waals surface area contributed by atoms with E-state index in [1.807, 2.05) is 43.4 Å². The second-order valence-electron chi connectivity index (χ2n) is 8.01. The number of carbonyl (C=O) groups excluding carboxylic acids is 1. The molecule has 2 fully saturated rings. The lowest BCUT2D eigenvalue weighted by Crippen LogP contribution is -2.58.